The zero-order valence-corrected chi connectivity index (χ0v) is 14.8. The first kappa shape index (κ1) is 16.7. The summed E-state index contributed by atoms with van der Waals surface area (Å²) in [7, 11) is -3.57. The molecule has 26 heavy (non-hydrogen) atoms. The lowest BCUT2D eigenvalue weighted by molar-refractivity contribution is 0.0698. The first-order valence-corrected chi connectivity index (χ1v) is 9.76. The second kappa shape index (κ2) is 6.54. The topological polar surface area (TPSA) is 75.0 Å². The molecule has 0 aromatic carbocycles. The number of hydrogen-bond acceptors (Lipinski definition) is 4. The molecule has 0 radical (unpaired) electrons. The van der Waals surface area contributed by atoms with Crippen LogP contribution >= 0.6 is 0 Å². The molecule has 0 aliphatic carbocycles. The van der Waals surface area contributed by atoms with Crippen LogP contribution in [-0.4, -0.2) is 59.1 Å². The van der Waals surface area contributed by atoms with Gasteiger partial charge in [0.1, 0.15) is 4.90 Å². The third-order valence-electron chi connectivity index (χ3n) is 4.55. The number of carbonyl (C=O) groups is 1. The van der Waals surface area contributed by atoms with E-state index in [4.69, 9.17) is 0 Å². The molecule has 0 unspecified atom stereocenters. The van der Waals surface area contributed by atoms with Crippen LogP contribution in [-0.2, 0) is 10.0 Å². The van der Waals surface area contributed by atoms with E-state index < -0.39 is 10.0 Å². The Morgan fingerprint density at radius 3 is 2.54 bits per heavy atom. The van der Waals surface area contributed by atoms with Crippen molar-refractivity contribution in [3.8, 4) is 0 Å². The SMILES string of the molecule is O=C(c1cc2ccccn2c1)N1CCN(S(=O)(=O)c2cccnc2)CC1. The maximum Gasteiger partial charge on any atom is 0.255 e. The molecule has 8 heteroatoms. The van der Waals surface area contributed by atoms with E-state index in [2.05, 4.69) is 4.98 Å². The first-order valence-electron chi connectivity index (χ1n) is 8.32. The summed E-state index contributed by atoms with van der Waals surface area (Å²) >= 11 is 0. The van der Waals surface area contributed by atoms with E-state index in [0.717, 1.165) is 5.52 Å². The van der Waals surface area contributed by atoms with Gasteiger partial charge in [-0.05, 0) is 30.3 Å². The van der Waals surface area contributed by atoms with Gasteiger partial charge >= 0.3 is 0 Å². The maximum atomic E-state index is 12.7. The number of hydrogen-bond donors (Lipinski definition) is 0. The van der Waals surface area contributed by atoms with Crippen molar-refractivity contribution < 1.29 is 13.2 Å². The number of fused-ring (bicyclic) bond motifs is 1. The van der Waals surface area contributed by atoms with E-state index in [1.54, 1.807) is 17.2 Å². The van der Waals surface area contributed by atoms with E-state index in [1.807, 2.05) is 34.9 Å². The van der Waals surface area contributed by atoms with Gasteiger partial charge in [-0.2, -0.15) is 4.31 Å². The highest BCUT2D eigenvalue weighted by Crippen LogP contribution is 2.18. The zero-order valence-electron chi connectivity index (χ0n) is 14.0. The highest BCUT2D eigenvalue weighted by Gasteiger charge is 2.30. The number of sulfonamides is 1. The van der Waals surface area contributed by atoms with Gasteiger partial charge < -0.3 is 9.30 Å². The molecular weight excluding hydrogens is 352 g/mol. The minimum Gasteiger partial charge on any atom is -0.336 e. The van der Waals surface area contributed by atoms with E-state index in [-0.39, 0.29) is 23.9 Å². The third-order valence-corrected chi connectivity index (χ3v) is 6.43. The fourth-order valence-corrected chi connectivity index (χ4v) is 4.52. The second-order valence-electron chi connectivity index (χ2n) is 6.15. The smallest absolute Gasteiger partial charge is 0.255 e. The quantitative estimate of drug-likeness (QED) is 0.700. The van der Waals surface area contributed by atoms with Crippen LogP contribution in [0.25, 0.3) is 5.52 Å². The van der Waals surface area contributed by atoms with Gasteiger partial charge in [0.05, 0.1) is 5.56 Å². The van der Waals surface area contributed by atoms with Gasteiger partial charge in [-0.3, -0.25) is 9.78 Å². The molecule has 0 N–H and O–H groups in total. The van der Waals surface area contributed by atoms with Crippen molar-refractivity contribution in [3.05, 3.63) is 66.7 Å². The number of pyridine rings is 2. The molecule has 1 saturated heterocycles. The first-order chi connectivity index (χ1) is 12.6. The van der Waals surface area contributed by atoms with Gasteiger partial charge in [0, 0.05) is 56.5 Å². The van der Waals surface area contributed by atoms with Crippen molar-refractivity contribution in [2.75, 3.05) is 26.2 Å². The van der Waals surface area contributed by atoms with Crippen LogP contribution in [0.4, 0.5) is 0 Å². The van der Waals surface area contributed by atoms with Crippen LogP contribution in [0.3, 0.4) is 0 Å². The molecule has 1 fully saturated rings. The lowest BCUT2D eigenvalue weighted by Gasteiger charge is -2.33. The van der Waals surface area contributed by atoms with Crippen LogP contribution in [0, 0.1) is 0 Å². The van der Waals surface area contributed by atoms with Gasteiger partial charge in [0.15, 0.2) is 0 Å². The average Bonchev–Trinajstić information content (AvgIpc) is 3.12. The standard InChI is InChI=1S/C18H18N4O3S/c23-18(15-12-16-4-1-2-7-21(16)14-15)20-8-10-22(11-9-20)26(24,25)17-5-3-6-19-13-17/h1-7,12-14H,8-11H2. The van der Waals surface area contributed by atoms with Gasteiger partial charge in [-0.25, -0.2) is 8.42 Å². The lowest BCUT2D eigenvalue weighted by Crippen LogP contribution is -2.50. The Balaban J connectivity index is 1.47. The number of aromatic nitrogens is 2. The summed E-state index contributed by atoms with van der Waals surface area (Å²) in [6, 6.07) is 10.8. The summed E-state index contributed by atoms with van der Waals surface area (Å²) in [6.45, 7) is 1.28. The minimum atomic E-state index is -3.57. The maximum absolute atomic E-state index is 12.7. The number of piperazine rings is 1. The van der Waals surface area contributed by atoms with Crippen LogP contribution in [0.2, 0.25) is 0 Å². The van der Waals surface area contributed by atoms with E-state index in [1.165, 1.54) is 22.8 Å². The van der Waals surface area contributed by atoms with Gasteiger partial charge in [-0.1, -0.05) is 6.07 Å². The molecule has 7 nitrogen and oxygen atoms in total. The molecule has 4 heterocycles. The molecular formula is C18H18N4O3S. The Morgan fingerprint density at radius 1 is 1.04 bits per heavy atom. The fourth-order valence-electron chi connectivity index (χ4n) is 3.14. The minimum absolute atomic E-state index is 0.0767. The molecule has 0 bridgehead atoms. The zero-order chi connectivity index (χ0) is 18.1. The predicted molar refractivity (Wildman–Crippen MR) is 96.3 cm³/mol. The van der Waals surface area contributed by atoms with Crippen molar-refractivity contribution in [2.24, 2.45) is 0 Å². The lowest BCUT2D eigenvalue weighted by atomic mass is 10.2. The predicted octanol–water partition coefficient (Wildman–Crippen LogP) is 1.48. The van der Waals surface area contributed by atoms with Crippen molar-refractivity contribution in [3.63, 3.8) is 0 Å². The Hall–Kier alpha value is -2.71. The fraction of sp³-hybridized carbons (Fsp3) is 0.222. The van der Waals surface area contributed by atoms with Gasteiger partial charge in [0.2, 0.25) is 10.0 Å². The molecule has 3 aromatic heterocycles. The summed E-state index contributed by atoms with van der Waals surface area (Å²) in [5.74, 6) is -0.0767. The molecule has 4 rings (SSSR count). The Bertz CT molecular complexity index is 1010. The number of carbonyl (C=O) groups excluding carboxylic acids is 1. The van der Waals surface area contributed by atoms with Crippen molar-refractivity contribution in [1.82, 2.24) is 18.6 Å². The van der Waals surface area contributed by atoms with E-state index >= 15 is 0 Å². The summed E-state index contributed by atoms with van der Waals surface area (Å²) in [4.78, 5) is 18.5. The normalized spacial score (nSPS) is 16.1. The van der Waals surface area contributed by atoms with Crippen molar-refractivity contribution in [2.45, 2.75) is 4.90 Å². The number of nitrogens with zero attached hydrogens (tertiary/aromatic N) is 4. The van der Waals surface area contributed by atoms with Crippen molar-refractivity contribution >= 4 is 21.4 Å². The summed E-state index contributed by atoms with van der Waals surface area (Å²) in [5.41, 5.74) is 1.56. The summed E-state index contributed by atoms with van der Waals surface area (Å²) in [6.07, 6.45) is 6.58. The van der Waals surface area contributed by atoms with Crippen LogP contribution < -0.4 is 0 Å². The summed E-state index contributed by atoms with van der Waals surface area (Å²) in [5, 5.41) is 0. The molecule has 1 amide bonds. The van der Waals surface area contributed by atoms with Crippen LogP contribution in [0.15, 0.2) is 66.1 Å². The number of amides is 1. The molecule has 3 aromatic rings. The Morgan fingerprint density at radius 2 is 1.85 bits per heavy atom. The van der Waals surface area contributed by atoms with Crippen LogP contribution in [0.1, 0.15) is 10.4 Å². The molecule has 134 valence electrons. The average molecular weight is 370 g/mol. The third kappa shape index (κ3) is 2.97. The van der Waals surface area contributed by atoms with Crippen molar-refractivity contribution in [1.29, 1.82) is 0 Å². The molecule has 1 aliphatic heterocycles. The Kier molecular flexibility index (Phi) is 4.21. The molecule has 0 spiro atoms. The monoisotopic (exact) mass is 370 g/mol. The van der Waals surface area contributed by atoms with Crippen LogP contribution in [0.5, 0.6) is 0 Å². The highest BCUT2D eigenvalue weighted by atomic mass is 32.2. The largest absolute Gasteiger partial charge is 0.336 e. The Labute approximate surface area is 151 Å². The number of rotatable bonds is 3. The molecule has 1 aliphatic rings. The van der Waals surface area contributed by atoms with Gasteiger partial charge in [-0.15, -0.1) is 0 Å². The molecule has 0 saturated carbocycles. The second-order valence-corrected chi connectivity index (χ2v) is 8.08. The summed E-state index contributed by atoms with van der Waals surface area (Å²) < 4.78 is 28.6. The molecule has 0 atom stereocenters. The van der Waals surface area contributed by atoms with Gasteiger partial charge in [0.25, 0.3) is 5.91 Å². The van der Waals surface area contributed by atoms with E-state index in [0.29, 0.717) is 18.7 Å². The van der Waals surface area contributed by atoms with E-state index in [9.17, 15) is 13.2 Å². The highest BCUT2D eigenvalue weighted by molar-refractivity contribution is 7.89.